The smallest absolute Gasteiger partial charge is 0.120 e. The fourth-order valence-electron chi connectivity index (χ4n) is 2.08. The first-order chi connectivity index (χ1) is 9.83. The Balaban J connectivity index is 1.63. The molecule has 2 heterocycles. The Labute approximate surface area is 118 Å². The molecular weight excluding hydrogens is 250 g/mol. The first-order valence-electron chi connectivity index (χ1n) is 6.70. The molecule has 102 valence electrons. The van der Waals surface area contributed by atoms with Crippen LogP contribution in [-0.4, -0.2) is 9.78 Å². The van der Waals surface area contributed by atoms with Gasteiger partial charge in [0.15, 0.2) is 0 Å². The van der Waals surface area contributed by atoms with Crippen molar-refractivity contribution in [3.63, 3.8) is 0 Å². The molecule has 2 aromatic heterocycles. The summed E-state index contributed by atoms with van der Waals surface area (Å²) in [4.78, 5) is 0. The predicted molar refractivity (Wildman–Crippen MR) is 77.5 cm³/mol. The van der Waals surface area contributed by atoms with Crippen LogP contribution in [0.15, 0.2) is 65.4 Å². The lowest BCUT2D eigenvalue weighted by Gasteiger charge is -2.09. The third kappa shape index (κ3) is 2.81. The highest BCUT2D eigenvalue weighted by molar-refractivity contribution is 5.30. The standard InChI is InChI=1S/C16H17N3O/c1-13(16-8-5-11-20-16)17-12-14-9-10-19(18-14)15-6-3-2-4-7-15/h2-11,13,17H,12H2,1H3. The molecule has 4 nitrogen and oxygen atoms in total. The van der Waals surface area contributed by atoms with Gasteiger partial charge in [-0.15, -0.1) is 0 Å². The number of rotatable bonds is 5. The summed E-state index contributed by atoms with van der Waals surface area (Å²) in [5.74, 6) is 0.937. The summed E-state index contributed by atoms with van der Waals surface area (Å²) in [6.07, 6.45) is 3.67. The highest BCUT2D eigenvalue weighted by Crippen LogP contribution is 2.13. The van der Waals surface area contributed by atoms with Gasteiger partial charge in [-0.1, -0.05) is 18.2 Å². The Morgan fingerprint density at radius 1 is 1.15 bits per heavy atom. The van der Waals surface area contributed by atoms with Crippen molar-refractivity contribution >= 4 is 0 Å². The minimum Gasteiger partial charge on any atom is -0.468 e. The molecule has 0 fully saturated rings. The fourth-order valence-corrected chi connectivity index (χ4v) is 2.08. The lowest BCUT2D eigenvalue weighted by molar-refractivity contribution is 0.428. The number of furan rings is 1. The van der Waals surface area contributed by atoms with Gasteiger partial charge in [0.2, 0.25) is 0 Å². The average Bonchev–Trinajstić information content (AvgIpc) is 3.17. The number of benzene rings is 1. The van der Waals surface area contributed by atoms with Gasteiger partial charge in [0.25, 0.3) is 0 Å². The Morgan fingerprint density at radius 2 is 2.00 bits per heavy atom. The number of aromatic nitrogens is 2. The molecule has 0 saturated carbocycles. The zero-order chi connectivity index (χ0) is 13.8. The Hall–Kier alpha value is -2.33. The summed E-state index contributed by atoms with van der Waals surface area (Å²) in [7, 11) is 0. The van der Waals surface area contributed by atoms with Crippen LogP contribution in [0.4, 0.5) is 0 Å². The fraction of sp³-hybridized carbons (Fsp3) is 0.188. The summed E-state index contributed by atoms with van der Waals surface area (Å²) in [5.41, 5.74) is 2.07. The second kappa shape index (κ2) is 5.75. The number of hydrogen-bond acceptors (Lipinski definition) is 3. The maximum absolute atomic E-state index is 5.37. The van der Waals surface area contributed by atoms with Gasteiger partial charge in [-0.05, 0) is 37.3 Å². The maximum atomic E-state index is 5.37. The Kier molecular flexibility index (Phi) is 3.65. The maximum Gasteiger partial charge on any atom is 0.120 e. The van der Waals surface area contributed by atoms with Crippen molar-refractivity contribution in [2.24, 2.45) is 0 Å². The highest BCUT2D eigenvalue weighted by atomic mass is 16.3. The first-order valence-corrected chi connectivity index (χ1v) is 6.70. The monoisotopic (exact) mass is 267 g/mol. The summed E-state index contributed by atoms with van der Waals surface area (Å²) in [5, 5.41) is 7.95. The molecule has 0 aliphatic heterocycles. The van der Waals surface area contributed by atoms with E-state index in [2.05, 4.69) is 17.3 Å². The van der Waals surface area contributed by atoms with E-state index in [-0.39, 0.29) is 6.04 Å². The van der Waals surface area contributed by atoms with Gasteiger partial charge in [0.05, 0.1) is 23.7 Å². The van der Waals surface area contributed by atoms with Gasteiger partial charge >= 0.3 is 0 Å². The second-order valence-electron chi connectivity index (χ2n) is 4.71. The van der Waals surface area contributed by atoms with Crippen LogP contribution in [0.25, 0.3) is 5.69 Å². The number of para-hydroxylation sites is 1. The largest absolute Gasteiger partial charge is 0.468 e. The van der Waals surface area contributed by atoms with Crippen molar-refractivity contribution in [3.05, 3.63) is 72.4 Å². The van der Waals surface area contributed by atoms with Crippen LogP contribution in [0.1, 0.15) is 24.4 Å². The normalized spacial score (nSPS) is 12.4. The van der Waals surface area contributed by atoms with Crippen LogP contribution in [0.5, 0.6) is 0 Å². The molecular formula is C16H17N3O. The molecule has 20 heavy (non-hydrogen) atoms. The van der Waals surface area contributed by atoms with Crippen molar-refractivity contribution in [2.75, 3.05) is 0 Å². The highest BCUT2D eigenvalue weighted by Gasteiger charge is 2.08. The first kappa shape index (κ1) is 12.7. The third-order valence-corrected chi connectivity index (χ3v) is 3.22. The van der Waals surface area contributed by atoms with Crippen LogP contribution >= 0.6 is 0 Å². The molecule has 1 atom stereocenters. The molecule has 0 saturated heterocycles. The zero-order valence-electron chi connectivity index (χ0n) is 11.4. The number of hydrogen-bond donors (Lipinski definition) is 1. The van der Waals surface area contributed by atoms with E-state index >= 15 is 0 Å². The van der Waals surface area contributed by atoms with E-state index in [1.165, 1.54) is 0 Å². The van der Waals surface area contributed by atoms with Crippen molar-refractivity contribution in [1.29, 1.82) is 0 Å². The van der Waals surface area contributed by atoms with E-state index in [1.54, 1.807) is 6.26 Å². The van der Waals surface area contributed by atoms with Crippen LogP contribution < -0.4 is 5.32 Å². The Bertz CT molecular complexity index is 643. The van der Waals surface area contributed by atoms with E-state index in [4.69, 9.17) is 4.42 Å². The number of nitrogens with zero attached hydrogens (tertiary/aromatic N) is 2. The molecule has 0 aliphatic rings. The minimum atomic E-state index is 0.173. The van der Waals surface area contributed by atoms with Gasteiger partial charge in [-0.25, -0.2) is 4.68 Å². The van der Waals surface area contributed by atoms with Crippen molar-refractivity contribution in [1.82, 2.24) is 15.1 Å². The molecule has 0 bridgehead atoms. The van der Waals surface area contributed by atoms with Crippen LogP contribution in [0.2, 0.25) is 0 Å². The number of nitrogens with one attached hydrogen (secondary N) is 1. The quantitative estimate of drug-likeness (QED) is 0.771. The molecule has 3 rings (SSSR count). The summed E-state index contributed by atoms with van der Waals surface area (Å²) < 4.78 is 7.25. The van der Waals surface area contributed by atoms with Gasteiger partial charge in [0, 0.05) is 12.7 Å². The molecule has 0 spiro atoms. The van der Waals surface area contributed by atoms with Gasteiger partial charge in [0.1, 0.15) is 5.76 Å². The second-order valence-corrected chi connectivity index (χ2v) is 4.71. The third-order valence-electron chi connectivity index (χ3n) is 3.22. The molecule has 4 heteroatoms. The molecule has 0 aliphatic carbocycles. The van der Waals surface area contributed by atoms with E-state index in [0.29, 0.717) is 6.54 Å². The topological polar surface area (TPSA) is 43.0 Å². The van der Waals surface area contributed by atoms with Gasteiger partial charge < -0.3 is 9.73 Å². The van der Waals surface area contributed by atoms with E-state index in [1.807, 2.05) is 59.4 Å². The van der Waals surface area contributed by atoms with Gasteiger partial charge in [-0.3, -0.25) is 0 Å². The SMILES string of the molecule is CC(NCc1ccn(-c2ccccc2)n1)c1ccco1. The lowest BCUT2D eigenvalue weighted by atomic mass is 10.2. The van der Waals surface area contributed by atoms with Crippen LogP contribution in [0.3, 0.4) is 0 Å². The predicted octanol–water partition coefficient (Wildman–Crippen LogP) is 3.32. The Morgan fingerprint density at radius 3 is 2.75 bits per heavy atom. The van der Waals surface area contributed by atoms with E-state index < -0.39 is 0 Å². The minimum absolute atomic E-state index is 0.173. The van der Waals surface area contributed by atoms with Crippen molar-refractivity contribution in [3.8, 4) is 5.69 Å². The van der Waals surface area contributed by atoms with Crippen LogP contribution in [-0.2, 0) is 6.54 Å². The van der Waals surface area contributed by atoms with E-state index in [0.717, 1.165) is 17.1 Å². The summed E-state index contributed by atoms with van der Waals surface area (Å²) in [6.45, 7) is 2.79. The summed E-state index contributed by atoms with van der Waals surface area (Å²) in [6, 6.07) is 16.2. The molecule has 3 aromatic rings. The van der Waals surface area contributed by atoms with Crippen LogP contribution in [0, 0.1) is 0 Å². The average molecular weight is 267 g/mol. The molecule has 1 unspecified atom stereocenters. The van der Waals surface area contributed by atoms with Crippen molar-refractivity contribution < 1.29 is 4.42 Å². The van der Waals surface area contributed by atoms with Crippen molar-refractivity contribution in [2.45, 2.75) is 19.5 Å². The van der Waals surface area contributed by atoms with Gasteiger partial charge in [-0.2, -0.15) is 5.10 Å². The summed E-state index contributed by atoms with van der Waals surface area (Å²) >= 11 is 0. The zero-order valence-corrected chi connectivity index (χ0v) is 11.4. The molecule has 1 N–H and O–H groups in total. The molecule has 0 radical (unpaired) electrons. The van der Waals surface area contributed by atoms with E-state index in [9.17, 15) is 0 Å². The molecule has 0 amide bonds. The molecule has 1 aromatic carbocycles. The lowest BCUT2D eigenvalue weighted by Crippen LogP contribution is -2.18.